The van der Waals surface area contributed by atoms with Crippen molar-refractivity contribution < 1.29 is 28.3 Å². The minimum Gasteiger partial charge on any atom is -0.479 e. The maximum Gasteiger partial charge on any atom is 0.336 e. The number of hydrogen-bond donors (Lipinski definition) is 3. The molecule has 0 aliphatic carbocycles. The molecule has 4 atom stereocenters. The molecule has 0 bridgehead atoms. The van der Waals surface area contributed by atoms with Crippen LogP contribution in [-0.4, -0.2) is 47.7 Å². The Labute approximate surface area is 135 Å². The van der Waals surface area contributed by atoms with Gasteiger partial charge in [0.25, 0.3) is 5.91 Å². The Bertz CT molecular complexity index is 510. The molecule has 1 fully saturated rings. The second-order valence-corrected chi connectivity index (χ2v) is 5.99. The SMILES string of the molecule is [2H]C([2H])([2H])C(C)C[C@H](NC(=O)[C@H]1O[C@@H]1C(=O)O)C(=O)NCCC(C)C. The monoisotopic (exact) mass is 317 g/mol. The van der Waals surface area contributed by atoms with Crippen molar-refractivity contribution in [1.29, 1.82) is 0 Å². The Morgan fingerprint density at radius 1 is 1.23 bits per heavy atom. The lowest BCUT2D eigenvalue weighted by Gasteiger charge is -2.20. The predicted octanol–water partition coefficient (Wildman–Crippen LogP) is 0.532. The Balaban J connectivity index is 2.68. The van der Waals surface area contributed by atoms with E-state index in [0.717, 1.165) is 6.42 Å². The molecular weight excluding hydrogens is 288 g/mol. The van der Waals surface area contributed by atoms with Gasteiger partial charge in [0.1, 0.15) is 6.04 Å². The van der Waals surface area contributed by atoms with E-state index >= 15 is 0 Å². The molecule has 126 valence electrons. The van der Waals surface area contributed by atoms with Crippen molar-refractivity contribution in [2.24, 2.45) is 11.8 Å². The van der Waals surface area contributed by atoms with Gasteiger partial charge in [0, 0.05) is 10.7 Å². The van der Waals surface area contributed by atoms with Crippen molar-refractivity contribution in [1.82, 2.24) is 10.6 Å². The van der Waals surface area contributed by atoms with Gasteiger partial charge in [-0.3, -0.25) is 9.59 Å². The molecule has 0 saturated carbocycles. The number of amides is 2. The van der Waals surface area contributed by atoms with Gasteiger partial charge in [0.05, 0.1) is 0 Å². The van der Waals surface area contributed by atoms with Crippen LogP contribution in [0.25, 0.3) is 0 Å². The van der Waals surface area contributed by atoms with Gasteiger partial charge in [0.15, 0.2) is 12.2 Å². The van der Waals surface area contributed by atoms with E-state index < -0.39 is 48.8 Å². The first-order chi connectivity index (χ1) is 11.4. The van der Waals surface area contributed by atoms with E-state index in [-0.39, 0.29) is 6.42 Å². The molecule has 0 aromatic heterocycles. The van der Waals surface area contributed by atoms with E-state index in [2.05, 4.69) is 10.6 Å². The lowest BCUT2D eigenvalue weighted by molar-refractivity contribution is -0.138. The lowest BCUT2D eigenvalue weighted by Crippen LogP contribution is -2.49. The predicted molar refractivity (Wildman–Crippen MR) is 80.1 cm³/mol. The summed E-state index contributed by atoms with van der Waals surface area (Å²) in [4.78, 5) is 35.1. The first kappa shape index (κ1) is 14.0. The van der Waals surface area contributed by atoms with E-state index in [1.54, 1.807) is 0 Å². The van der Waals surface area contributed by atoms with E-state index in [4.69, 9.17) is 14.0 Å². The van der Waals surface area contributed by atoms with Gasteiger partial charge in [-0.2, -0.15) is 0 Å². The van der Waals surface area contributed by atoms with Gasteiger partial charge in [0.2, 0.25) is 5.91 Å². The van der Waals surface area contributed by atoms with Crippen molar-refractivity contribution in [2.75, 3.05) is 6.54 Å². The van der Waals surface area contributed by atoms with E-state index in [9.17, 15) is 14.4 Å². The number of aliphatic carboxylic acids is 1. The summed E-state index contributed by atoms with van der Waals surface area (Å²) < 4.78 is 27.0. The first-order valence-corrected chi connectivity index (χ1v) is 7.39. The molecule has 1 aliphatic heterocycles. The van der Waals surface area contributed by atoms with Crippen LogP contribution in [0.2, 0.25) is 0 Å². The van der Waals surface area contributed by atoms with Crippen molar-refractivity contribution in [3.63, 3.8) is 0 Å². The van der Waals surface area contributed by atoms with Crippen LogP contribution >= 0.6 is 0 Å². The molecule has 0 radical (unpaired) electrons. The highest BCUT2D eigenvalue weighted by Crippen LogP contribution is 2.22. The summed E-state index contributed by atoms with van der Waals surface area (Å²) in [5.74, 6) is -2.91. The number of carbonyl (C=O) groups is 3. The molecule has 22 heavy (non-hydrogen) atoms. The molecule has 0 spiro atoms. The highest BCUT2D eigenvalue weighted by Gasteiger charge is 2.51. The van der Waals surface area contributed by atoms with E-state index in [1.807, 2.05) is 13.8 Å². The fourth-order valence-electron chi connectivity index (χ4n) is 1.95. The van der Waals surface area contributed by atoms with Crippen LogP contribution in [0.4, 0.5) is 0 Å². The number of carboxylic acids is 1. The summed E-state index contributed by atoms with van der Waals surface area (Å²) in [6.07, 6.45) is -1.70. The van der Waals surface area contributed by atoms with E-state index in [1.165, 1.54) is 6.92 Å². The molecule has 1 heterocycles. The molecule has 0 aromatic carbocycles. The first-order valence-electron chi connectivity index (χ1n) is 8.89. The number of nitrogens with one attached hydrogen (secondary N) is 2. The summed E-state index contributed by atoms with van der Waals surface area (Å²) in [7, 11) is 0. The smallest absolute Gasteiger partial charge is 0.336 e. The van der Waals surface area contributed by atoms with Crippen molar-refractivity contribution >= 4 is 17.8 Å². The summed E-state index contributed by atoms with van der Waals surface area (Å²) in [5.41, 5.74) is 0. The molecule has 1 rings (SSSR count). The normalized spacial score (nSPS) is 25.4. The van der Waals surface area contributed by atoms with Crippen molar-refractivity contribution in [2.45, 2.75) is 58.7 Å². The summed E-state index contributed by atoms with van der Waals surface area (Å²) in [5, 5.41) is 13.9. The highest BCUT2D eigenvalue weighted by molar-refractivity contribution is 5.95. The number of epoxide rings is 1. The topological polar surface area (TPSA) is 108 Å². The molecule has 2 amide bonds. The maximum absolute atomic E-state index is 12.3. The highest BCUT2D eigenvalue weighted by atomic mass is 16.6. The molecule has 1 aliphatic rings. The second kappa shape index (κ2) is 8.12. The molecular formula is C15H26N2O5. The van der Waals surface area contributed by atoms with Gasteiger partial charge >= 0.3 is 5.97 Å². The third kappa shape index (κ3) is 6.01. The van der Waals surface area contributed by atoms with Crippen LogP contribution in [0.15, 0.2) is 0 Å². The van der Waals surface area contributed by atoms with Gasteiger partial charge in [-0.05, 0) is 24.7 Å². The van der Waals surface area contributed by atoms with Crippen molar-refractivity contribution in [3.05, 3.63) is 0 Å². The zero-order valence-corrected chi connectivity index (χ0v) is 13.1. The Morgan fingerprint density at radius 2 is 1.91 bits per heavy atom. The Kier molecular flexibility index (Phi) is 5.17. The molecule has 7 heteroatoms. The second-order valence-electron chi connectivity index (χ2n) is 5.99. The van der Waals surface area contributed by atoms with Gasteiger partial charge in [-0.25, -0.2) is 4.79 Å². The van der Waals surface area contributed by atoms with Gasteiger partial charge in [-0.1, -0.05) is 27.6 Å². The summed E-state index contributed by atoms with van der Waals surface area (Å²) in [6.45, 7) is 3.61. The minimum absolute atomic E-state index is 0.0831. The van der Waals surface area contributed by atoms with Crippen LogP contribution in [0.3, 0.4) is 0 Å². The van der Waals surface area contributed by atoms with Crippen molar-refractivity contribution in [3.8, 4) is 0 Å². The van der Waals surface area contributed by atoms with Crippen LogP contribution in [0, 0.1) is 11.8 Å². The average Bonchev–Trinajstić information content (AvgIpc) is 3.25. The third-order valence-corrected chi connectivity index (χ3v) is 3.24. The van der Waals surface area contributed by atoms with Crippen LogP contribution < -0.4 is 10.6 Å². The largest absolute Gasteiger partial charge is 0.479 e. The summed E-state index contributed by atoms with van der Waals surface area (Å²) in [6, 6.07) is -1.06. The number of hydrogen-bond acceptors (Lipinski definition) is 4. The van der Waals surface area contributed by atoms with E-state index in [0.29, 0.717) is 12.5 Å². The third-order valence-electron chi connectivity index (χ3n) is 3.24. The average molecular weight is 317 g/mol. The number of ether oxygens (including phenoxy) is 1. The van der Waals surface area contributed by atoms with Crippen LogP contribution in [0.5, 0.6) is 0 Å². The van der Waals surface area contributed by atoms with Gasteiger partial charge in [-0.15, -0.1) is 0 Å². The Morgan fingerprint density at radius 3 is 2.41 bits per heavy atom. The quantitative estimate of drug-likeness (QED) is 0.538. The zero-order chi connectivity index (χ0) is 19.4. The maximum atomic E-state index is 12.3. The minimum atomic E-state index is -2.26. The lowest BCUT2D eigenvalue weighted by atomic mass is 10.0. The number of rotatable bonds is 9. The van der Waals surface area contributed by atoms with Crippen LogP contribution in [-0.2, 0) is 19.1 Å². The fraction of sp³-hybridized carbons (Fsp3) is 0.800. The number of carbonyl (C=O) groups excluding carboxylic acids is 2. The molecule has 1 unspecified atom stereocenters. The molecule has 1 saturated heterocycles. The molecule has 0 aromatic rings. The Hall–Kier alpha value is -1.63. The molecule has 7 nitrogen and oxygen atoms in total. The van der Waals surface area contributed by atoms with Gasteiger partial charge < -0.3 is 20.5 Å². The van der Waals surface area contributed by atoms with Crippen LogP contribution in [0.1, 0.15) is 44.6 Å². The standard InChI is InChI=1S/C15H26N2O5/c1-8(2)5-6-16-13(18)10(7-9(3)4)17-14(19)11-12(22-11)15(20)21/h8-12H,5-7H2,1-4H3,(H,16,18)(H,17,19)(H,20,21)/t10-,11-,12-/m0/s1/i3D3/t9?,10-,11-,12-. The fourth-order valence-corrected chi connectivity index (χ4v) is 1.95. The summed E-state index contributed by atoms with van der Waals surface area (Å²) >= 11 is 0. The zero-order valence-electron chi connectivity index (χ0n) is 16.1. The molecule has 3 N–H and O–H groups in total. The number of carboxylic acid groups (broad SMARTS) is 1.